The second-order valence-corrected chi connectivity index (χ2v) is 4.35. The van der Waals surface area contributed by atoms with Crippen molar-refractivity contribution in [2.75, 3.05) is 0 Å². The van der Waals surface area contributed by atoms with Gasteiger partial charge in [0.2, 0.25) is 5.78 Å². The highest BCUT2D eigenvalue weighted by atomic mass is 16.5. The molecule has 0 fully saturated rings. The van der Waals surface area contributed by atoms with E-state index >= 15 is 0 Å². The van der Waals surface area contributed by atoms with Crippen molar-refractivity contribution in [3.05, 3.63) is 71.0 Å². The molecule has 18 heavy (non-hydrogen) atoms. The molecule has 2 aromatic rings. The van der Waals surface area contributed by atoms with Crippen LogP contribution in [0.3, 0.4) is 0 Å². The monoisotopic (exact) mass is 236 g/mol. The number of fused-ring (bicyclic) bond motifs is 1. The molecule has 0 aromatic heterocycles. The average Bonchev–Trinajstić information content (AvgIpc) is 2.68. The summed E-state index contributed by atoms with van der Waals surface area (Å²) in [5, 5.41) is 0. The van der Waals surface area contributed by atoms with Gasteiger partial charge in [0.05, 0.1) is 5.56 Å². The van der Waals surface area contributed by atoms with Crippen LogP contribution in [0, 0.1) is 6.92 Å². The van der Waals surface area contributed by atoms with E-state index in [4.69, 9.17) is 4.74 Å². The number of hydrogen-bond acceptors (Lipinski definition) is 2. The quantitative estimate of drug-likeness (QED) is 0.707. The van der Waals surface area contributed by atoms with E-state index < -0.39 is 0 Å². The van der Waals surface area contributed by atoms with Crippen LogP contribution in [-0.2, 0) is 0 Å². The van der Waals surface area contributed by atoms with Crippen LogP contribution in [0.15, 0.2) is 54.3 Å². The van der Waals surface area contributed by atoms with Crippen LogP contribution >= 0.6 is 0 Å². The van der Waals surface area contributed by atoms with Crippen molar-refractivity contribution < 1.29 is 9.53 Å². The number of ether oxygens (including phenoxy) is 1. The highest BCUT2D eigenvalue weighted by molar-refractivity contribution is 6.14. The highest BCUT2D eigenvalue weighted by Gasteiger charge is 2.26. The van der Waals surface area contributed by atoms with Gasteiger partial charge in [0.1, 0.15) is 5.75 Å². The Kier molecular flexibility index (Phi) is 2.49. The Morgan fingerprint density at radius 2 is 1.83 bits per heavy atom. The Bertz CT molecular complexity index is 639. The van der Waals surface area contributed by atoms with Crippen molar-refractivity contribution in [2.24, 2.45) is 0 Å². The molecular weight excluding hydrogens is 224 g/mol. The highest BCUT2D eigenvalue weighted by Crippen LogP contribution is 2.32. The summed E-state index contributed by atoms with van der Waals surface area (Å²) in [4.78, 5) is 12.2. The van der Waals surface area contributed by atoms with Crippen molar-refractivity contribution in [1.82, 2.24) is 0 Å². The molecule has 3 rings (SSSR count). The summed E-state index contributed by atoms with van der Waals surface area (Å²) in [6, 6.07) is 15.3. The van der Waals surface area contributed by atoms with Crippen LogP contribution in [0.5, 0.6) is 5.75 Å². The van der Waals surface area contributed by atoms with Crippen LogP contribution in [0.4, 0.5) is 0 Å². The van der Waals surface area contributed by atoms with E-state index in [2.05, 4.69) is 0 Å². The lowest BCUT2D eigenvalue weighted by Gasteiger charge is -1.98. The topological polar surface area (TPSA) is 26.3 Å². The van der Waals surface area contributed by atoms with Gasteiger partial charge in [-0.2, -0.15) is 0 Å². The minimum atomic E-state index is -0.0439. The Labute approximate surface area is 106 Å². The molecule has 2 heteroatoms. The number of allylic oxidation sites excluding steroid dienone is 1. The molecule has 88 valence electrons. The first-order valence-corrected chi connectivity index (χ1v) is 5.84. The Morgan fingerprint density at radius 1 is 1.06 bits per heavy atom. The van der Waals surface area contributed by atoms with Gasteiger partial charge in [-0.25, -0.2) is 0 Å². The molecule has 0 saturated heterocycles. The van der Waals surface area contributed by atoms with Gasteiger partial charge in [-0.05, 0) is 30.7 Å². The summed E-state index contributed by atoms with van der Waals surface area (Å²) in [7, 11) is 0. The maximum absolute atomic E-state index is 12.2. The maximum Gasteiger partial charge on any atom is 0.231 e. The summed E-state index contributed by atoms with van der Waals surface area (Å²) < 4.78 is 5.59. The first-order valence-electron chi connectivity index (χ1n) is 5.84. The lowest BCUT2D eigenvalue weighted by atomic mass is 10.1. The smallest absolute Gasteiger partial charge is 0.231 e. The zero-order valence-electron chi connectivity index (χ0n) is 10.0. The Hall–Kier alpha value is -2.35. The molecule has 0 unspecified atom stereocenters. The number of rotatable bonds is 1. The van der Waals surface area contributed by atoms with Crippen molar-refractivity contribution >= 4 is 11.9 Å². The fourth-order valence-electron chi connectivity index (χ4n) is 2.00. The van der Waals surface area contributed by atoms with Gasteiger partial charge >= 0.3 is 0 Å². The molecular formula is C16H12O2. The lowest BCUT2D eigenvalue weighted by molar-refractivity contribution is 0.101. The summed E-state index contributed by atoms with van der Waals surface area (Å²) in [6.45, 7) is 1.96. The first kappa shape index (κ1) is 10.8. The number of benzene rings is 2. The van der Waals surface area contributed by atoms with Gasteiger partial charge in [0.25, 0.3) is 0 Å². The molecule has 0 N–H and O–H groups in total. The van der Waals surface area contributed by atoms with E-state index in [-0.39, 0.29) is 5.78 Å². The third kappa shape index (κ3) is 1.82. The average molecular weight is 236 g/mol. The predicted octanol–water partition coefficient (Wildman–Crippen LogP) is 3.61. The molecule has 0 spiro atoms. The molecule has 2 nitrogen and oxygen atoms in total. The fourth-order valence-corrected chi connectivity index (χ4v) is 2.00. The molecule has 0 saturated carbocycles. The minimum Gasteiger partial charge on any atom is -0.452 e. The molecule has 2 aromatic carbocycles. The third-order valence-electron chi connectivity index (χ3n) is 2.92. The summed E-state index contributed by atoms with van der Waals surface area (Å²) in [5.41, 5.74) is 2.68. The zero-order chi connectivity index (χ0) is 12.5. The second kappa shape index (κ2) is 4.15. The SMILES string of the molecule is Cc1ccc2c(c1)C(=O)/C(=C/c1ccccc1)O2. The standard InChI is InChI=1S/C16H12O2/c1-11-7-8-14-13(9-11)16(17)15(18-14)10-12-5-3-2-4-6-12/h2-10H,1H3/b15-10-. The van der Waals surface area contributed by atoms with Crippen molar-refractivity contribution in [3.8, 4) is 5.75 Å². The summed E-state index contributed by atoms with van der Waals surface area (Å²) >= 11 is 0. The van der Waals surface area contributed by atoms with E-state index in [0.29, 0.717) is 17.1 Å². The van der Waals surface area contributed by atoms with Crippen molar-refractivity contribution in [3.63, 3.8) is 0 Å². The summed E-state index contributed by atoms with van der Waals surface area (Å²) in [5.74, 6) is 0.993. The van der Waals surface area contributed by atoms with Crippen molar-refractivity contribution in [1.29, 1.82) is 0 Å². The van der Waals surface area contributed by atoms with E-state index in [0.717, 1.165) is 11.1 Å². The molecule has 0 bridgehead atoms. The number of hydrogen-bond donors (Lipinski definition) is 0. The molecule has 1 heterocycles. The van der Waals surface area contributed by atoms with Crippen LogP contribution in [-0.4, -0.2) is 5.78 Å². The normalized spacial score (nSPS) is 15.6. The summed E-state index contributed by atoms with van der Waals surface area (Å²) in [6.07, 6.45) is 1.78. The van der Waals surface area contributed by atoms with Gasteiger partial charge < -0.3 is 4.74 Å². The number of aryl methyl sites for hydroxylation is 1. The number of ketones is 1. The molecule has 1 aliphatic heterocycles. The van der Waals surface area contributed by atoms with Crippen LogP contribution in [0.2, 0.25) is 0 Å². The molecule has 1 aliphatic rings. The molecule has 0 amide bonds. The number of carbonyl (C=O) groups is 1. The van der Waals surface area contributed by atoms with E-state index in [1.54, 1.807) is 6.08 Å². The Morgan fingerprint density at radius 3 is 2.61 bits per heavy atom. The molecule has 0 aliphatic carbocycles. The molecule has 0 radical (unpaired) electrons. The van der Waals surface area contributed by atoms with Crippen molar-refractivity contribution in [2.45, 2.75) is 6.92 Å². The zero-order valence-corrected chi connectivity index (χ0v) is 10.0. The van der Waals surface area contributed by atoms with Gasteiger partial charge in [-0.15, -0.1) is 0 Å². The lowest BCUT2D eigenvalue weighted by Crippen LogP contribution is -1.98. The van der Waals surface area contributed by atoms with E-state index in [9.17, 15) is 4.79 Å². The minimum absolute atomic E-state index is 0.0439. The van der Waals surface area contributed by atoms with Gasteiger partial charge in [-0.1, -0.05) is 42.0 Å². The van der Waals surface area contributed by atoms with Gasteiger partial charge in [0.15, 0.2) is 5.76 Å². The second-order valence-electron chi connectivity index (χ2n) is 4.35. The third-order valence-corrected chi connectivity index (χ3v) is 2.92. The fraction of sp³-hybridized carbons (Fsp3) is 0.0625. The van der Waals surface area contributed by atoms with E-state index in [1.165, 1.54) is 0 Å². The van der Waals surface area contributed by atoms with Gasteiger partial charge in [0, 0.05) is 0 Å². The number of Topliss-reactive ketones (excluding diaryl/α,β-unsaturated/α-hetero) is 1. The molecule has 0 atom stereocenters. The van der Waals surface area contributed by atoms with Crippen LogP contribution in [0.25, 0.3) is 6.08 Å². The Balaban J connectivity index is 2.00. The largest absolute Gasteiger partial charge is 0.452 e. The van der Waals surface area contributed by atoms with Crippen LogP contribution < -0.4 is 4.74 Å². The number of carbonyl (C=O) groups excluding carboxylic acids is 1. The predicted molar refractivity (Wildman–Crippen MR) is 70.6 cm³/mol. The van der Waals surface area contributed by atoms with Crippen LogP contribution in [0.1, 0.15) is 21.5 Å². The van der Waals surface area contributed by atoms with Gasteiger partial charge in [-0.3, -0.25) is 4.79 Å². The first-order chi connectivity index (χ1) is 8.74. The van der Waals surface area contributed by atoms with E-state index in [1.807, 2.05) is 55.5 Å². The maximum atomic E-state index is 12.2.